The van der Waals surface area contributed by atoms with Crippen molar-refractivity contribution in [3.8, 4) is 0 Å². The number of aliphatic carboxylic acids is 2. The summed E-state index contributed by atoms with van der Waals surface area (Å²) in [5.41, 5.74) is 0. The van der Waals surface area contributed by atoms with E-state index in [1.807, 2.05) is 6.92 Å². The van der Waals surface area contributed by atoms with Gasteiger partial charge in [0.05, 0.1) is 0 Å². The molecule has 0 heterocycles. The summed E-state index contributed by atoms with van der Waals surface area (Å²) in [5.74, 6) is -2.40. The lowest BCUT2D eigenvalue weighted by molar-refractivity contribution is -0.140. The van der Waals surface area contributed by atoms with E-state index in [2.05, 4.69) is 21.3 Å². The van der Waals surface area contributed by atoms with Gasteiger partial charge in [0.15, 0.2) is 0 Å². The highest BCUT2D eigenvalue weighted by atomic mass is 16.4. The molecule has 4 amide bonds. The average Bonchev–Trinajstić information content (AvgIpc) is 2.50. The minimum absolute atomic E-state index is 0.182. The molecule has 0 aliphatic carbocycles. The first-order chi connectivity index (χ1) is 11.8. The van der Waals surface area contributed by atoms with E-state index in [1.165, 1.54) is 0 Å². The highest BCUT2D eigenvalue weighted by Crippen LogP contribution is 2.01. The zero-order valence-corrected chi connectivity index (χ0v) is 14.6. The molecule has 0 aromatic rings. The minimum Gasteiger partial charge on any atom is -0.481 e. The molecule has 0 saturated heterocycles. The second-order valence-electron chi connectivity index (χ2n) is 5.62. The van der Waals surface area contributed by atoms with Crippen LogP contribution in [0.4, 0.5) is 9.59 Å². The van der Waals surface area contributed by atoms with Crippen molar-refractivity contribution in [2.24, 2.45) is 0 Å². The van der Waals surface area contributed by atoms with Crippen LogP contribution >= 0.6 is 0 Å². The summed E-state index contributed by atoms with van der Waals surface area (Å²) in [6.45, 7) is 4.70. The maximum atomic E-state index is 11.8. The molecular weight excluding hydrogens is 332 g/mol. The number of carbonyl (C=O) groups is 4. The number of rotatable bonds is 12. The molecule has 0 radical (unpaired) electrons. The van der Waals surface area contributed by atoms with Gasteiger partial charge in [-0.3, -0.25) is 4.79 Å². The van der Waals surface area contributed by atoms with Crippen molar-refractivity contribution in [3.05, 3.63) is 0 Å². The van der Waals surface area contributed by atoms with Crippen LogP contribution in [-0.4, -0.2) is 59.4 Å². The van der Waals surface area contributed by atoms with Crippen LogP contribution in [0.1, 0.15) is 46.0 Å². The van der Waals surface area contributed by atoms with E-state index >= 15 is 0 Å². The normalized spacial score (nSPS) is 12.6. The van der Waals surface area contributed by atoms with Gasteiger partial charge in [0.25, 0.3) is 0 Å². The Morgan fingerprint density at radius 2 is 1.60 bits per heavy atom. The van der Waals surface area contributed by atoms with Crippen LogP contribution < -0.4 is 21.3 Å². The lowest BCUT2D eigenvalue weighted by Gasteiger charge is -2.18. The SMILES string of the molecule is CCNC(=O)NCCCC[C@@H](C)NC(=O)N[C@@H](CCC(=O)O)C(=O)O. The fraction of sp³-hybridized carbons (Fsp3) is 0.733. The van der Waals surface area contributed by atoms with E-state index in [-0.39, 0.29) is 24.9 Å². The van der Waals surface area contributed by atoms with Gasteiger partial charge in [-0.25, -0.2) is 14.4 Å². The molecule has 144 valence electrons. The van der Waals surface area contributed by atoms with Crippen LogP contribution in [0.25, 0.3) is 0 Å². The molecule has 10 nitrogen and oxygen atoms in total. The monoisotopic (exact) mass is 360 g/mol. The summed E-state index contributed by atoms with van der Waals surface area (Å²) < 4.78 is 0. The number of carbonyl (C=O) groups excluding carboxylic acids is 2. The molecule has 0 unspecified atom stereocenters. The van der Waals surface area contributed by atoms with Crippen LogP contribution in [0.15, 0.2) is 0 Å². The largest absolute Gasteiger partial charge is 0.481 e. The zero-order valence-electron chi connectivity index (χ0n) is 14.6. The van der Waals surface area contributed by atoms with Crippen molar-refractivity contribution in [1.82, 2.24) is 21.3 Å². The number of carboxylic acids is 2. The molecule has 0 bridgehead atoms. The Hall–Kier alpha value is -2.52. The number of unbranched alkanes of at least 4 members (excludes halogenated alkanes) is 1. The highest BCUT2D eigenvalue weighted by Gasteiger charge is 2.21. The van der Waals surface area contributed by atoms with E-state index in [9.17, 15) is 19.2 Å². The summed E-state index contributed by atoms with van der Waals surface area (Å²) in [6.07, 6.45) is 1.66. The fourth-order valence-electron chi connectivity index (χ4n) is 2.02. The molecule has 0 aliphatic heterocycles. The van der Waals surface area contributed by atoms with E-state index in [0.29, 0.717) is 19.5 Å². The molecular formula is C15H28N4O6. The predicted octanol–water partition coefficient (Wildman–Crippen LogP) is 0.482. The van der Waals surface area contributed by atoms with Crippen molar-refractivity contribution in [1.29, 1.82) is 0 Å². The lowest BCUT2D eigenvalue weighted by atomic mass is 10.1. The third-order valence-electron chi connectivity index (χ3n) is 3.31. The van der Waals surface area contributed by atoms with Crippen molar-refractivity contribution in [2.75, 3.05) is 13.1 Å². The Bertz CT molecular complexity index is 457. The van der Waals surface area contributed by atoms with Crippen LogP contribution in [-0.2, 0) is 9.59 Å². The second kappa shape index (κ2) is 12.8. The molecule has 0 saturated carbocycles. The van der Waals surface area contributed by atoms with Crippen LogP contribution in [0.5, 0.6) is 0 Å². The van der Waals surface area contributed by atoms with Crippen LogP contribution in [0.3, 0.4) is 0 Å². The summed E-state index contributed by atoms with van der Waals surface area (Å²) in [4.78, 5) is 44.4. The van der Waals surface area contributed by atoms with Gasteiger partial charge < -0.3 is 31.5 Å². The van der Waals surface area contributed by atoms with Crippen molar-refractivity contribution in [3.63, 3.8) is 0 Å². The maximum Gasteiger partial charge on any atom is 0.326 e. The smallest absolute Gasteiger partial charge is 0.326 e. The summed E-state index contributed by atoms with van der Waals surface area (Å²) in [7, 11) is 0. The first-order valence-electron chi connectivity index (χ1n) is 8.29. The molecule has 25 heavy (non-hydrogen) atoms. The number of nitrogens with one attached hydrogen (secondary N) is 4. The number of hydrogen-bond acceptors (Lipinski definition) is 4. The highest BCUT2D eigenvalue weighted by molar-refractivity contribution is 5.83. The van der Waals surface area contributed by atoms with Gasteiger partial charge in [-0.05, 0) is 39.5 Å². The van der Waals surface area contributed by atoms with Gasteiger partial charge in [-0.1, -0.05) is 0 Å². The predicted molar refractivity (Wildman–Crippen MR) is 90.3 cm³/mol. The summed E-state index contributed by atoms with van der Waals surface area (Å²) >= 11 is 0. The molecule has 0 aliphatic rings. The summed E-state index contributed by atoms with van der Waals surface area (Å²) in [6, 6.07) is -2.29. The maximum absolute atomic E-state index is 11.8. The van der Waals surface area contributed by atoms with Gasteiger partial charge >= 0.3 is 24.0 Å². The molecule has 0 rings (SSSR count). The first kappa shape index (κ1) is 22.5. The van der Waals surface area contributed by atoms with E-state index in [4.69, 9.17) is 10.2 Å². The average molecular weight is 360 g/mol. The molecule has 0 spiro atoms. The number of urea groups is 2. The van der Waals surface area contributed by atoms with Crippen molar-refractivity contribution < 1.29 is 29.4 Å². The van der Waals surface area contributed by atoms with Gasteiger partial charge in [-0.2, -0.15) is 0 Å². The van der Waals surface area contributed by atoms with E-state index < -0.39 is 24.0 Å². The first-order valence-corrected chi connectivity index (χ1v) is 8.29. The summed E-state index contributed by atoms with van der Waals surface area (Å²) in [5, 5.41) is 27.7. The standard InChI is InChI=1S/C15H28N4O6/c1-3-16-14(24)17-9-5-4-6-10(2)18-15(25)19-11(13(22)23)7-8-12(20)21/h10-11H,3-9H2,1-2H3,(H,20,21)(H,22,23)(H2,16,17,24)(H2,18,19,25)/t10-,11+/m1/s1. The van der Waals surface area contributed by atoms with Crippen LogP contribution in [0.2, 0.25) is 0 Å². The molecule has 0 fully saturated rings. The fourth-order valence-corrected chi connectivity index (χ4v) is 2.02. The Balaban J connectivity index is 3.97. The van der Waals surface area contributed by atoms with Crippen molar-refractivity contribution >= 4 is 24.0 Å². The Labute approximate surface area is 146 Å². The number of hydrogen-bond donors (Lipinski definition) is 6. The topological polar surface area (TPSA) is 157 Å². The quantitative estimate of drug-likeness (QED) is 0.278. The Morgan fingerprint density at radius 1 is 0.920 bits per heavy atom. The third-order valence-corrected chi connectivity index (χ3v) is 3.31. The minimum atomic E-state index is -1.28. The second-order valence-corrected chi connectivity index (χ2v) is 5.62. The third kappa shape index (κ3) is 12.6. The van der Waals surface area contributed by atoms with Crippen molar-refractivity contribution in [2.45, 2.75) is 58.0 Å². The van der Waals surface area contributed by atoms with Gasteiger partial charge in [-0.15, -0.1) is 0 Å². The Morgan fingerprint density at radius 3 is 2.16 bits per heavy atom. The molecule has 0 aromatic heterocycles. The Kier molecular flexibility index (Phi) is 11.6. The zero-order chi connectivity index (χ0) is 19.2. The van der Waals surface area contributed by atoms with E-state index in [0.717, 1.165) is 12.8 Å². The molecule has 2 atom stereocenters. The lowest BCUT2D eigenvalue weighted by Crippen LogP contribution is -2.48. The van der Waals surface area contributed by atoms with Gasteiger partial charge in [0.1, 0.15) is 6.04 Å². The van der Waals surface area contributed by atoms with E-state index in [1.54, 1.807) is 6.92 Å². The van der Waals surface area contributed by atoms with Crippen LogP contribution in [0, 0.1) is 0 Å². The van der Waals surface area contributed by atoms with Gasteiger partial charge in [0, 0.05) is 25.6 Å². The number of carboxylic acid groups (broad SMARTS) is 2. The molecule has 0 aromatic carbocycles. The van der Waals surface area contributed by atoms with Gasteiger partial charge in [0.2, 0.25) is 0 Å². The molecule has 6 N–H and O–H groups in total. The number of amides is 4. The molecule has 10 heteroatoms.